The number of hydrogen-bond donors (Lipinski definition) is 0. The van der Waals surface area contributed by atoms with Gasteiger partial charge in [0.05, 0.1) is 5.75 Å². The molecule has 0 atom stereocenters. The fraction of sp³-hybridized carbons (Fsp3) is 0.250. The average Bonchev–Trinajstić information content (AvgIpc) is 2.76. The van der Waals surface area contributed by atoms with Gasteiger partial charge < -0.3 is 4.42 Å². The summed E-state index contributed by atoms with van der Waals surface area (Å²) in [5.74, 6) is 0.465. The molecule has 0 spiro atoms. The molecule has 0 bridgehead atoms. The van der Waals surface area contributed by atoms with E-state index in [1.54, 1.807) is 19.1 Å². The molecule has 1 aromatic heterocycles. The molecular weight excluding hydrogens is 255 g/mol. The Morgan fingerprint density at radius 3 is 2.67 bits per heavy atom. The van der Waals surface area contributed by atoms with Gasteiger partial charge in [0.25, 0.3) is 5.22 Å². The number of thioether (sulfide) groups is 1. The summed E-state index contributed by atoms with van der Waals surface area (Å²) >= 11 is 1.21. The molecule has 0 radical (unpaired) electrons. The Morgan fingerprint density at radius 1 is 1.33 bits per heavy atom. The van der Waals surface area contributed by atoms with Crippen LogP contribution in [0.1, 0.15) is 11.5 Å². The van der Waals surface area contributed by atoms with E-state index >= 15 is 0 Å². The number of carbonyl (C=O) groups is 1. The molecule has 2 rings (SSSR count). The first kappa shape index (κ1) is 12.8. The number of nitrogens with zero attached hydrogens (tertiary/aromatic N) is 2. The molecule has 0 fully saturated rings. The van der Waals surface area contributed by atoms with Crippen LogP contribution in [0.4, 0.5) is 4.39 Å². The molecule has 0 saturated heterocycles. The average molecular weight is 266 g/mol. The lowest BCUT2D eigenvalue weighted by Crippen LogP contribution is -2.05. The van der Waals surface area contributed by atoms with E-state index in [2.05, 4.69) is 10.2 Å². The van der Waals surface area contributed by atoms with Gasteiger partial charge in [-0.05, 0) is 17.7 Å². The smallest absolute Gasteiger partial charge is 0.276 e. The SMILES string of the molecule is Cc1nnc(SCC(=O)Cc2ccc(F)cc2)o1. The van der Waals surface area contributed by atoms with Crippen LogP contribution < -0.4 is 0 Å². The van der Waals surface area contributed by atoms with Crippen molar-refractivity contribution in [3.63, 3.8) is 0 Å². The van der Waals surface area contributed by atoms with Gasteiger partial charge >= 0.3 is 0 Å². The lowest BCUT2D eigenvalue weighted by molar-refractivity contribution is -0.116. The fourth-order valence-electron chi connectivity index (χ4n) is 1.36. The Kier molecular flexibility index (Phi) is 4.09. The second kappa shape index (κ2) is 5.77. The third-order valence-corrected chi connectivity index (χ3v) is 3.06. The number of rotatable bonds is 5. The van der Waals surface area contributed by atoms with Crippen molar-refractivity contribution in [2.24, 2.45) is 0 Å². The Bertz CT molecular complexity index is 539. The van der Waals surface area contributed by atoms with E-state index in [4.69, 9.17) is 4.42 Å². The third-order valence-electron chi connectivity index (χ3n) is 2.18. The molecule has 0 unspecified atom stereocenters. The summed E-state index contributed by atoms with van der Waals surface area (Å²) in [6.45, 7) is 1.69. The van der Waals surface area contributed by atoms with Gasteiger partial charge in [0.1, 0.15) is 11.6 Å². The Balaban J connectivity index is 1.83. The molecule has 0 N–H and O–H groups in total. The number of halogens is 1. The predicted octanol–water partition coefficient (Wildman–Crippen LogP) is 2.42. The van der Waals surface area contributed by atoms with Crippen LogP contribution >= 0.6 is 11.8 Å². The van der Waals surface area contributed by atoms with Crippen LogP contribution in [0.15, 0.2) is 33.9 Å². The highest BCUT2D eigenvalue weighted by Gasteiger charge is 2.08. The van der Waals surface area contributed by atoms with Crippen LogP contribution in [-0.4, -0.2) is 21.7 Å². The minimum absolute atomic E-state index is 0.0301. The molecule has 0 saturated carbocycles. The largest absolute Gasteiger partial charge is 0.416 e. The van der Waals surface area contributed by atoms with E-state index < -0.39 is 0 Å². The molecule has 4 nitrogen and oxygen atoms in total. The van der Waals surface area contributed by atoms with Crippen molar-refractivity contribution in [2.45, 2.75) is 18.6 Å². The third kappa shape index (κ3) is 3.66. The van der Waals surface area contributed by atoms with Crippen LogP contribution in [0, 0.1) is 12.7 Å². The summed E-state index contributed by atoms with van der Waals surface area (Å²) in [6, 6.07) is 5.90. The molecule has 18 heavy (non-hydrogen) atoms. The summed E-state index contributed by atoms with van der Waals surface area (Å²) in [6.07, 6.45) is 0.278. The standard InChI is InChI=1S/C12H11FN2O2S/c1-8-14-15-12(17-8)18-7-11(16)6-9-2-4-10(13)5-3-9/h2-5H,6-7H2,1H3. The molecular formula is C12H11FN2O2S. The van der Waals surface area contributed by atoms with Crippen molar-refractivity contribution >= 4 is 17.5 Å². The molecule has 0 aliphatic carbocycles. The van der Waals surface area contributed by atoms with E-state index in [9.17, 15) is 9.18 Å². The number of aromatic nitrogens is 2. The normalized spacial score (nSPS) is 10.6. The summed E-state index contributed by atoms with van der Waals surface area (Å²) in [5, 5.41) is 7.84. The fourth-order valence-corrected chi connectivity index (χ4v) is 2.02. The first-order chi connectivity index (χ1) is 8.63. The van der Waals surface area contributed by atoms with Crippen LogP contribution in [0.3, 0.4) is 0 Å². The van der Waals surface area contributed by atoms with Crippen LogP contribution in [0.2, 0.25) is 0 Å². The number of carbonyl (C=O) groups excluding carboxylic acids is 1. The molecule has 2 aromatic rings. The van der Waals surface area contributed by atoms with E-state index in [1.165, 1.54) is 23.9 Å². The van der Waals surface area contributed by atoms with Crippen LogP contribution in [-0.2, 0) is 11.2 Å². The van der Waals surface area contributed by atoms with Gasteiger partial charge in [-0.3, -0.25) is 4.79 Å². The zero-order chi connectivity index (χ0) is 13.0. The molecule has 1 aromatic carbocycles. The minimum atomic E-state index is -0.304. The second-order valence-corrected chi connectivity index (χ2v) is 4.64. The first-order valence-electron chi connectivity index (χ1n) is 5.32. The maximum Gasteiger partial charge on any atom is 0.276 e. The van der Waals surface area contributed by atoms with E-state index in [-0.39, 0.29) is 23.8 Å². The van der Waals surface area contributed by atoms with Crippen molar-refractivity contribution < 1.29 is 13.6 Å². The maximum absolute atomic E-state index is 12.7. The zero-order valence-corrected chi connectivity index (χ0v) is 10.5. The topological polar surface area (TPSA) is 56.0 Å². The highest BCUT2D eigenvalue weighted by Crippen LogP contribution is 2.16. The quantitative estimate of drug-likeness (QED) is 0.778. The number of hydrogen-bond acceptors (Lipinski definition) is 5. The molecule has 6 heteroatoms. The highest BCUT2D eigenvalue weighted by molar-refractivity contribution is 7.99. The Morgan fingerprint density at radius 2 is 2.06 bits per heavy atom. The van der Waals surface area contributed by atoms with E-state index in [0.29, 0.717) is 11.1 Å². The van der Waals surface area contributed by atoms with Crippen LogP contribution in [0.25, 0.3) is 0 Å². The van der Waals surface area contributed by atoms with Crippen molar-refractivity contribution in [2.75, 3.05) is 5.75 Å². The van der Waals surface area contributed by atoms with Crippen molar-refractivity contribution in [1.29, 1.82) is 0 Å². The van der Waals surface area contributed by atoms with Crippen molar-refractivity contribution in [3.8, 4) is 0 Å². The predicted molar refractivity (Wildman–Crippen MR) is 64.9 cm³/mol. The zero-order valence-electron chi connectivity index (χ0n) is 9.72. The van der Waals surface area contributed by atoms with Gasteiger partial charge in [0.15, 0.2) is 0 Å². The van der Waals surface area contributed by atoms with Gasteiger partial charge in [-0.2, -0.15) is 0 Å². The number of ketones is 1. The number of benzene rings is 1. The van der Waals surface area contributed by atoms with Gasteiger partial charge in [0.2, 0.25) is 5.89 Å². The van der Waals surface area contributed by atoms with Crippen molar-refractivity contribution in [1.82, 2.24) is 10.2 Å². The van der Waals surface area contributed by atoms with Crippen molar-refractivity contribution in [3.05, 3.63) is 41.5 Å². The lowest BCUT2D eigenvalue weighted by atomic mass is 10.1. The minimum Gasteiger partial charge on any atom is -0.416 e. The first-order valence-corrected chi connectivity index (χ1v) is 6.31. The summed E-state index contributed by atoms with van der Waals surface area (Å²) < 4.78 is 17.8. The van der Waals surface area contributed by atoms with Gasteiger partial charge in [-0.25, -0.2) is 4.39 Å². The maximum atomic E-state index is 12.7. The molecule has 0 aliphatic heterocycles. The Labute approximate surface area is 108 Å². The summed E-state index contributed by atoms with van der Waals surface area (Å²) in [5.41, 5.74) is 0.795. The highest BCUT2D eigenvalue weighted by atomic mass is 32.2. The molecule has 0 amide bonds. The van der Waals surface area contributed by atoms with Gasteiger partial charge in [0, 0.05) is 13.3 Å². The lowest BCUT2D eigenvalue weighted by Gasteiger charge is -1.99. The summed E-state index contributed by atoms with van der Waals surface area (Å²) in [7, 11) is 0. The van der Waals surface area contributed by atoms with E-state index in [1.807, 2.05) is 0 Å². The number of aryl methyl sites for hydroxylation is 1. The molecule has 0 aliphatic rings. The molecule has 1 heterocycles. The monoisotopic (exact) mass is 266 g/mol. The van der Waals surface area contributed by atoms with Gasteiger partial charge in [-0.1, -0.05) is 23.9 Å². The van der Waals surface area contributed by atoms with Crippen LogP contribution in [0.5, 0.6) is 0 Å². The summed E-state index contributed by atoms with van der Waals surface area (Å²) in [4.78, 5) is 11.7. The Hall–Kier alpha value is -1.69. The number of Topliss-reactive ketones (excluding diaryl/α,β-unsaturated/α-hetero) is 1. The second-order valence-electron chi connectivity index (χ2n) is 3.72. The van der Waals surface area contributed by atoms with E-state index in [0.717, 1.165) is 5.56 Å². The van der Waals surface area contributed by atoms with Gasteiger partial charge in [-0.15, -0.1) is 10.2 Å². The molecule has 94 valence electrons.